The van der Waals surface area contributed by atoms with Crippen LogP contribution in [0.3, 0.4) is 0 Å². The molecule has 3 aromatic rings. The molecular weight excluding hydrogens is 361 g/mol. The lowest BCUT2D eigenvalue weighted by atomic mass is 10.2. The van der Waals surface area contributed by atoms with E-state index in [2.05, 4.69) is 20.6 Å². The van der Waals surface area contributed by atoms with E-state index in [0.717, 1.165) is 5.56 Å². The fourth-order valence-corrected chi connectivity index (χ4v) is 3.92. The molecule has 110 valence electrons. The van der Waals surface area contributed by atoms with Crippen molar-refractivity contribution < 1.29 is 0 Å². The fraction of sp³-hybridized carbons (Fsp3) is 0.0769. The van der Waals surface area contributed by atoms with Crippen LogP contribution in [0.15, 0.2) is 33.6 Å². The molecule has 0 fully saturated rings. The third kappa shape index (κ3) is 2.83. The second-order valence-electron chi connectivity index (χ2n) is 4.22. The minimum Gasteiger partial charge on any atom is -0.305 e. The van der Waals surface area contributed by atoms with Gasteiger partial charge >= 0.3 is 0 Å². The van der Waals surface area contributed by atoms with Crippen molar-refractivity contribution in [1.82, 2.24) is 19.1 Å². The maximum atomic E-state index is 9.11. The van der Waals surface area contributed by atoms with Crippen molar-refractivity contribution in [1.29, 1.82) is 5.26 Å². The van der Waals surface area contributed by atoms with Crippen molar-refractivity contribution in [2.24, 2.45) is 7.05 Å². The molecule has 3 rings (SSSR count). The summed E-state index contributed by atoms with van der Waals surface area (Å²) in [5.74, 6) is 0.716. The molecule has 0 saturated heterocycles. The molecule has 0 N–H and O–H groups in total. The SMILES string of the molecule is Cn1c(Sc2snc(Cl)c2C#N)nnc1-c1ccc(Cl)cc1. The van der Waals surface area contributed by atoms with Crippen molar-refractivity contribution in [3.63, 3.8) is 0 Å². The Hall–Kier alpha value is -1.59. The number of nitrogens with zero attached hydrogens (tertiary/aromatic N) is 5. The zero-order chi connectivity index (χ0) is 15.7. The van der Waals surface area contributed by atoms with Crippen molar-refractivity contribution in [2.45, 2.75) is 9.37 Å². The number of aromatic nitrogens is 4. The van der Waals surface area contributed by atoms with Gasteiger partial charge < -0.3 is 4.57 Å². The summed E-state index contributed by atoms with van der Waals surface area (Å²) in [6.07, 6.45) is 0. The molecule has 0 saturated carbocycles. The molecule has 0 amide bonds. The number of hydrogen-bond acceptors (Lipinski definition) is 6. The normalized spacial score (nSPS) is 10.6. The molecule has 2 aromatic heterocycles. The largest absolute Gasteiger partial charge is 0.305 e. The highest BCUT2D eigenvalue weighted by molar-refractivity contribution is 8.01. The highest BCUT2D eigenvalue weighted by atomic mass is 35.5. The summed E-state index contributed by atoms with van der Waals surface area (Å²) in [5.41, 5.74) is 1.28. The van der Waals surface area contributed by atoms with E-state index in [9.17, 15) is 0 Å². The molecule has 0 bridgehead atoms. The van der Waals surface area contributed by atoms with E-state index in [1.807, 2.05) is 23.7 Å². The molecule has 0 unspecified atom stereocenters. The van der Waals surface area contributed by atoms with Crippen molar-refractivity contribution in [2.75, 3.05) is 0 Å². The summed E-state index contributed by atoms with van der Waals surface area (Å²) in [5, 5.41) is 19.0. The predicted molar refractivity (Wildman–Crippen MR) is 87.4 cm³/mol. The second kappa shape index (κ2) is 6.26. The van der Waals surface area contributed by atoms with E-state index in [-0.39, 0.29) is 5.15 Å². The molecule has 0 radical (unpaired) electrons. The van der Waals surface area contributed by atoms with Gasteiger partial charge in [-0.25, -0.2) is 0 Å². The molecular formula is C13H7Cl2N5S2. The maximum Gasteiger partial charge on any atom is 0.196 e. The van der Waals surface area contributed by atoms with Crippen LogP contribution in [0, 0.1) is 11.3 Å². The Kier molecular flexibility index (Phi) is 4.36. The van der Waals surface area contributed by atoms with Gasteiger partial charge in [0, 0.05) is 17.6 Å². The lowest BCUT2D eigenvalue weighted by Gasteiger charge is -2.03. The second-order valence-corrected chi connectivity index (χ2v) is 7.03. The van der Waals surface area contributed by atoms with E-state index in [0.29, 0.717) is 25.8 Å². The van der Waals surface area contributed by atoms with Gasteiger partial charge in [-0.15, -0.1) is 10.2 Å². The number of nitriles is 1. The Bertz CT molecular complexity index is 864. The van der Waals surface area contributed by atoms with Gasteiger partial charge in [-0.1, -0.05) is 23.2 Å². The first kappa shape index (κ1) is 15.3. The lowest BCUT2D eigenvalue weighted by Crippen LogP contribution is -1.94. The summed E-state index contributed by atoms with van der Waals surface area (Å²) in [6.45, 7) is 0. The molecule has 5 nitrogen and oxygen atoms in total. The van der Waals surface area contributed by atoms with Gasteiger partial charge in [-0.2, -0.15) is 9.64 Å². The Morgan fingerprint density at radius 2 is 1.95 bits per heavy atom. The van der Waals surface area contributed by atoms with Crippen LogP contribution in [0.2, 0.25) is 10.2 Å². The molecule has 1 aromatic carbocycles. The molecule has 9 heteroatoms. The van der Waals surface area contributed by atoms with Crippen LogP contribution in [0.5, 0.6) is 0 Å². The molecule has 0 aliphatic rings. The van der Waals surface area contributed by atoms with Gasteiger partial charge in [0.25, 0.3) is 0 Å². The van der Waals surface area contributed by atoms with Gasteiger partial charge in [0.15, 0.2) is 16.1 Å². The number of halogens is 2. The smallest absolute Gasteiger partial charge is 0.196 e. The van der Waals surface area contributed by atoms with Crippen LogP contribution < -0.4 is 0 Å². The molecule has 22 heavy (non-hydrogen) atoms. The summed E-state index contributed by atoms with van der Waals surface area (Å²) >= 11 is 14.3. The fourth-order valence-electron chi connectivity index (χ4n) is 1.76. The van der Waals surface area contributed by atoms with Crippen molar-refractivity contribution in [3.8, 4) is 17.5 Å². The van der Waals surface area contributed by atoms with Crippen LogP contribution in [-0.2, 0) is 7.05 Å². The highest BCUT2D eigenvalue weighted by Gasteiger charge is 2.17. The monoisotopic (exact) mass is 367 g/mol. The van der Waals surface area contributed by atoms with Crippen LogP contribution in [0.4, 0.5) is 0 Å². The summed E-state index contributed by atoms with van der Waals surface area (Å²) in [4.78, 5) is 0. The standard InChI is InChI=1S/C13H7Cl2N5S2/c1-20-11(7-2-4-8(14)5-3-7)17-18-13(20)21-12-9(6-16)10(15)19-22-12/h2-5H,1H3. The summed E-state index contributed by atoms with van der Waals surface area (Å²) in [7, 11) is 1.86. The van der Waals surface area contributed by atoms with Gasteiger partial charge in [0.2, 0.25) is 0 Å². The average Bonchev–Trinajstić information content (AvgIpc) is 3.04. The first-order valence-corrected chi connectivity index (χ1v) is 8.33. The molecule has 0 aliphatic heterocycles. The third-order valence-corrected chi connectivity index (χ3v) is 5.52. The Balaban J connectivity index is 1.94. The van der Waals surface area contributed by atoms with Gasteiger partial charge in [-0.05, 0) is 47.6 Å². The Morgan fingerprint density at radius 1 is 1.23 bits per heavy atom. The number of rotatable bonds is 3. The van der Waals surface area contributed by atoms with E-state index >= 15 is 0 Å². The quantitative estimate of drug-likeness (QED) is 0.691. The van der Waals surface area contributed by atoms with Gasteiger partial charge in [0.05, 0.1) is 0 Å². The third-order valence-electron chi connectivity index (χ3n) is 2.85. The van der Waals surface area contributed by atoms with Crippen LogP contribution in [-0.4, -0.2) is 19.1 Å². The zero-order valence-corrected chi connectivity index (χ0v) is 14.3. The van der Waals surface area contributed by atoms with Crippen molar-refractivity contribution >= 4 is 46.5 Å². The Morgan fingerprint density at radius 3 is 2.64 bits per heavy atom. The van der Waals surface area contributed by atoms with E-state index in [1.54, 1.807) is 12.1 Å². The first-order valence-electron chi connectivity index (χ1n) is 5.98. The van der Waals surface area contributed by atoms with Gasteiger partial charge in [-0.3, -0.25) is 0 Å². The minimum atomic E-state index is 0.218. The number of benzene rings is 1. The molecule has 0 aliphatic carbocycles. The average molecular weight is 368 g/mol. The first-order chi connectivity index (χ1) is 10.6. The molecule has 0 spiro atoms. The van der Waals surface area contributed by atoms with Crippen LogP contribution in [0.25, 0.3) is 11.4 Å². The Labute approximate surface area is 144 Å². The van der Waals surface area contributed by atoms with Crippen LogP contribution >= 0.6 is 46.5 Å². The zero-order valence-electron chi connectivity index (χ0n) is 11.1. The van der Waals surface area contributed by atoms with Crippen LogP contribution in [0.1, 0.15) is 5.56 Å². The minimum absolute atomic E-state index is 0.218. The lowest BCUT2D eigenvalue weighted by molar-refractivity contribution is 0.794. The molecule has 0 atom stereocenters. The molecule has 2 heterocycles. The van der Waals surface area contributed by atoms with Gasteiger partial charge in [0.1, 0.15) is 15.8 Å². The summed E-state index contributed by atoms with van der Waals surface area (Å²) < 4.78 is 6.53. The maximum absolute atomic E-state index is 9.11. The topological polar surface area (TPSA) is 67.4 Å². The highest BCUT2D eigenvalue weighted by Crippen LogP contribution is 2.36. The van der Waals surface area contributed by atoms with E-state index in [4.69, 9.17) is 28.5 Å². The predicted octanol–water partition coefficient (Wildman–Crippen LogP) is 4.27. The van der Waals surface area contributed by atoms with E-state index < -0.39 is 0 Å². The van der Waals surface area contributed by atoms with Crippen molar-refractivity contribution in [3.05, 3.63) is 40.0 Å². The number of hydrogen-bond donors (Lipinski definition) is 0. The van der Waals surface area contributed by atoms with E-state index in [1.165, 1.54) is 23.3 Å². The summed E-state index contributed by atoms with van der Waals surface area (Å²) in [6, 6.07) is 9.41.